The topological polar surface area (TPSA) is 80.2 Å². The van der Waals surface area contributed by atoms with Crippen molar-refractivity contribution >= 4 is 33.9 Å². The average Bonchev–Trinajstić information content (AvgIpc) is 3.28. The normalized spacial score (nSPS) is 14.6. The predicted molar refractivity (Wildman–Crippen MR) is 115 cm³/mol. The minimum atomic E-state index is -4.67. The summed E-state index contributed by atoms with van der Waals surface area (Å²) in [5, 5.41) is 4.60. The van der Waals surface area contributed by atoms with Crippen molar-refractivity contribution in [2.45, 2.75) is 39.0 Å². The van der Waals surface area contributed by atoms with Gasteiger partial charge in [0, 0.05) is 31.3 Å². The Hall–Kier alpha value is -3.21. The molecule has 32 heavy (non-hydrogen) atoms. The van der Waals surface area contributed by atoms with Gasteiger partial charge in [0.25, 0.3) is 0 Å². The molecule has 0 fully saturated rings. The average molecular weight is 463 g/mol. The van der Waals surface area contributed by atoms with Gasteiger partial charge in [0.15, 0.2) is 5.13 Å². The second kappa shape index (κ2) is 7.73. The lowest BCUT2D eigenvalue weighted by atomic mass is 10.0. The molecule has 0 radical (unpaired) electrons. The van der Waals surface area contributed by atoms with Crippen molar-refractivity contribution in [3.05, 3.63) is 41.0 Å². The van der Waals surface area contributed by atoms with Gasteiger partial charge in [-0.25, -0.2) is 9.97 Å². The summed E-state index contributed by atoms with van der Waals surface area (Å²) in [7, 11) is 1.38. The highest BCUT2D eigenvalue weighted by Gasteiger charge is 2.36. The van der Waals surface area contributed by atoms with Crippen LogP contribution in [0.3, 0.4) is 0 Å². The SMILES string of the molecule is CC(=O)N(C)c1cnc(Nc2nc(-c3cc4c(cn3)OC(C)(C)C4)cs2)c(C(F)(F)F)c1. The Morgan fingerprint density at radius 1 is 1.22 bits per heavy atom. The molecule has 0 saturated carbocycles. The Kier molecular flexibility index (Phi) is 5.32. The molecule has 0 spiro atoms. The summed E-state index contributed by atoms with van der Waals surface area (Å²) in [5.41, 5.74) is 0.897. The number of aromatic nitrogens is 3. The van der Waals surface area contributed by atoms with Gasteiger partial charge >= 0.3 is 6.18 Å². The van der Waals surface area contributed by atoms with E-state index in [4.69, 9.17) is 4.74 Å². The van der Waals surface area contributed by atoms with Gasteiger partial charge in [0.1, 0.15) is 28.4 Å². The molecular weight excluding hydrogens is 443 g/mol. The first-order valence-electron chi connectivity index (χ1n) is 9.65. The van der Waals surface area contributed by atoms with E-state index in [2.05, 4.69) is 20.3 Å². The number of hydrogen-bond donors (Lipinski definition) is 1. The number of fused-ring (bicyclic) bond motifs is 1. The zero-order valence-electron chi connectivity index (χ0n) is 17.7. The second-order valence-corrected chi connectivity index (χ2v) is 8.90. The summed E-state index contributed by atoms with van der Waals surface area (Å²) in [4.78, 5) is 25.2. The Morgan fingerprint density at radius 3 is 2.66 bits per heavy atom. The van der Waals surface area contributed by atoms with Gasteiger partial charge in [-0.1, -0.05) is 0 Å². The van der Waals surface area contributed by atoms with Crippen LogP contribution in [-0.2, 0) is 17.4 Å². The van der Waals surface area contributed by atoms with E-state index in [9.17, 15) is 18.0 Å². The fourth-order valence-electron chi connectivity index (χ4n) is 3.33. The van der Waals surface area contributed by atoms with Crippen LogP contribution in [0.5, 0.6) is 5.75 Å². The molecule has 1 aliphatic heterocycles. The third-order valence-corrected chi connectivity index (χ3v) is 5.74. The highest BCUT2D eigenvalue weighted by Crippen LogP contribution is 2.39. The molecule has 4 rings (SSSR count). The predicted octanol–water partition coefficient (Wildman–Crippen LogP) is 5.06. The third-order valence-electron chi connectivity index (χ3n) is 4.98. The molecule has 0 saturated heterocycles. The number of carbonyl (C=O) groups excluding carboxylic acids is 1. The molecule has 0 bridgehead atoms. The van der Waals surface area contributed by atoms with Gasteiger partial charge in [0.2, 0.25) is 5.91 Å². The van der Waals surface area contributed by atoms with Gasteiger partial charge in [-0.05, 0) is 26.0 Å². The number of thiazole rings is 1. The van der Waals surface area contributed by atoms with Crippen LogP contribution in [0.25, 0.3) is 11.4 Å². The van der Waals surface area contributed by atoms with E-state index in [1.54, 1.807) is 11.6 Å². The maximum Gasteiger partial charge on any atom is 0.420 e. The zero-order valence-corrected chi connectivity index (χ0v) is 18.6. The number of carbonyl (C=O) groups is 1. The molecule has 168 valence electrons. The van der Waals surface area contributed by atoms with Crippen molar-refractivity contribution in [3.63, 3.8) is 0 Å². The van der Waals surface area contributed by atoms with Crippen LogP contribution in [0.1, 0.15) is 31.9 Å². The summed E-state index contributed by atoms with van der Waals surface area (Å²) in [5.74, 6) is -0.0704. The first-order chi connectivity index (χ1) is 14.9. The second-order valence-electron chi connectivity index (χ2n) is 8.04. The Labute approximate surface area is 186 Å². The third kappa shape index (κ3) is 4.38. The molecule has 1 amide bonds. The molecule has 3 aromatic rings. The van der Waals surface area contributed by atoms with Gasteiger partial charge in [-0.3, -0.25) is 9.78 Å². The van der Waals surface area contributed by atoms with E-state index in [0.29, 0.717) is 11.4 Å². The maximum absolute atomic E-state index is 13.6. The summed E-state index contributed by atoms with van der Waals surface area (Å²) in [6.45, 7) is 5.24. The lowest BCUT2D eigenvalue weighted by Gasteiger charge is -2.18. The van der Waals surface area contributed by atoms with Gasteiger partial charge in [-0.15, -0.1) is 11.3 Å². The van der Waals surface area contributed by atoms with E-state index in [0.717, 1.165) is 40.0 Å². The van der Waals surface area contributed by atoms with Crippen molar-refractivity contribution in [2.75, 3.05) is 17.3 Å². The summed E-state index contributed by atoms with van der Waals surface area (Å²) < 4.78 is 46.7. The first kappa shape index (κ1) is 22.0. The molecule has 1 aliphatic rings. The Balaban J connectivity index is 1.61. The molecule has 7 nitrogen and oxygen atoms in total. The quantitative estimate of drug-likeness (QED) is 0.583. The number of rotatable bonds is 4. The molecule has 0 aliphatic carbocycles. The van der Waals surface area contributed by atoms with Crippen molar-refractivity contribution in [2.24, 2.45) is 0 Å². The van der Waals surface area contributed by atoms with Crippen molar-refractivity contribution in [1.82, 2.24) is 15.0 Å². The molecule has 0 aromatic carbocycles. The maximum atomic E-state index is 13.6. The smallest absolute Gasteiger partial charge is 0.420 e. The zero-order chi connectivity index (χ0) is 23.3. The van der Waals surface area contributed by atoms with Crippen LogP contribution in [-0.4, -0.2) is 33.5 Å². The fraction of sp³-hybridized carbons (Fsp3) is 0.333. The number of anilines is 3. The van der Waals surface area contributed by atoms with Crippen LogP contribution < -0.4 is 15.0 Å². The molecular formula is C21H20F3N5O2S. The summed E-state index contributed by atoms with van der Waals surface area (Å²) in [6.07, 6.45) is -1.10. The van der Waals surface area contributed by atoms with Crippen molar-refractivity contribution < 1.29 is 22.7 Å². The van der Waals surface area contributed by atoms with Gasteiger partial charge < -0.3 is 15.0 Å². The number of hydrogen-bond acceptors (Lipinski definition) is 7. The summed E-state index contributed by atoms with van der Waals surface area (Å²) in [6, 6.07) is 2.77. The van der Waals surface area contributed by atoms with E-state index >= 15 is 0 Å². The Bertz CT molecular complexity index is 1190. The van der Waals surface area contributed by atoms with Crippen LogP contribution in [0.2, 0.25) is 0 Å². The Morgan fingerprint density at radius 2 is 1.97 bits per heavy atom. The van der Waals surface area contributed by atoms with Crippen molar-refractivity contribution in [1.29, 1.82) is 0 Å². The highest BCUT2D eigenvalue weighted by molar-refractivity contribution is 7.14. The van der Waals surface area contributed by atoms with E-state index in [-0.39, 0.29) is 16.4 Å². The van der Waals surface area contributed by atoms with Crippen LogP contribution in [0, 0.1) is 0 Å². The van der Waals surface area contributed by atoms with E-state index in [1.165, 1.54) is 20.2 Å². The van der Waals surface area contributed by atoms with E-state index < -0.39 is 23.5 Å². The summed E-state index contributed by atoms with van der Waals surface area (Å²) >= 11 is 1.14. The lowest BCUT2D eigenvalue weighted by molar-refractivity contribution is -0.137. The standard InChI is InChI=1S/C21H20F3N5O2S/c1-11(30)29(4)13-6-14(21(22,23)24)18(26-8-13)28-19-27-16(10-32-19)15-5-12-7-20(2,3)31-17(12)9-25-15/h5-6,8-10H,7H2,1-4H3,(H,26,27,28). The first-order valence-corrected chi connectivity index (χ1v) is 10.5. The molecule has 0 atom stereocenters. The van der Waals surface area contributed by atoms with Crippen LogP contribution in [0.4, 0.5) is 29.8 Å². The fourth-order valence-corrected chi connectivity index (χ4v) is 4.04. The van der Waals surface area contributed by atoms with Crippen LogP contribution >= 0.6 is 11.3 Å². The minimum absolute atomic E-state index is 0.0442. The number of amides is 1. The minimum Gasteiger partial charge on any atom is -0.486 e. The van der Waals surface area contributed by atoms with Crippen molar-refractivity contribution in [3.8, 4) is 17.1 Å². The molecule has 3 aromatic heterocycles. The number of halogens is 3. The number of ether oxygens (including phenoxy) is 1. The highest BCUT2D eigenvalue weighted by atomic mass is 32.1. The van der Waals surface area contributed by atoms with E-state index in [1.807, 2.05) is 19.9 Å². The van der Waals surface area contributed by atoms with Gasteiger partial charge in [0.05, 0.1) is 23.8 Å². The number of nitrogens with zero attached hydrogens (tertiary/aromatic N) is 4. The number of pyridine rings is 2. The largest absolute Gasteiger partial charge is 0.486 e. The molecule has 11 heteroatoms. The number of alkyl halides is 3. The van der Waals surface area contributed by atoms with Gasteiger partial charge in [-0.2, -0.15) is 13.2 Å². The molecule has 0 unspecified atom stereocenters. The monoisotopic (exact) mass is 463 g/mol. The molecule has 1 N–H and O–H groups in total. The lowest BCUT2D eigenvalue weighted by Crippen LogP contribution is -2.24. The van der Waals surface area contributed by atoms with Crippen LogP contribution in [0.15, 0.2) is 29.9 Å². The number of nitrogens with one attached hydrogen (secondary N) is 1. The molecule has 4 heterocycles.